The van der Waals surface area contributed by atoms with E-state index in [-0.39, 0.29) is 0 Å². The molecule has 2 heteroatoms. The van der Waals surface area contributed by atoms with E-state index in [1.165, 1.54) is 45.2 Å². The fourth-order valence-corrected chi connectivity index (χ4v) is 3.85. The molecule has 1 aliphatic heterocycles. The van der Waals surface area contributed by atoms with Crippen molar-refractivity contribution in [3.8, 4) is 0 Å². The zero-order valence-electron chi connectivity index (χ0n) is 12.1. The Bertz CT molecular complexity index is 413. The standard InChI is InChI=1S/C17H26N2/c1-2-18-15-9-6-12-19(13-15)17-11-5-8-14-7-3-4-10-16(14)17/h3-4,7,10,15,17-18H,2,5-6,8-9,11-13H2,1H3. The number of rotatable bonds is 3. The van der Waals surface area contributed by atoms with Crippen LogP contribution in [0, 0.1) is 0 Å². The Balaban J connectivity index is 1.75. The number of benzene rings is 1. The zero-order chi connectivity index (χ0) is 13.1. The lowest BCUT2D eigenvalue weighted by atomic mass is 9.85. The smallest absolute Gasteiger partial charge is 0.0351 e. The largest absolute Gasteiger partial charge is 0.313 e. The molecular weight excluding hydrogens is 232 g/mol. The van der Waals surface area contributed by atoms with Crippen LogP contribution in [0.2, 0.25) is 0 Å². The van der Waals surface area contributed by atoms with Gasteiger partial charge in [-0.25, -0.2) is 0 Å². The summed E-state index contributed by atoms with van der Waals surface area (Å²) in [6.07, 6.45) is 6.66. The minimum absolute atomic E-state index is 0.673. The minimum Gasteiger partial charge on any atom is -0.313 e. The summed E-state index contributed by atoms with van der Waals surface area (Å²) in [5, 5.41) is 3.64. The molecule has 3 rings (SSSR count). The van der Waals surface area contributed by atoms with Crippen molar-refractivity contribution in [1.29, 1.82) is 0 Å². The molecule has 1 aliphatic carbocycles. The van der Waals surface area contributed by atoms with Crippen LogP contribution in [0.1, 0.15) is 49.8 Å². The first kappa shape index (κ1) is 13.1. The molecule has 1 aromatic rings. The molecule has 1 saturated heterocycles. The summed E-state index contributed by atoms with van der Waals surface area (Å²) in [6.45, 7) is 5.82. The van der Waals surface area contributed by atoms with Gasteiger partial charge < -0.3 is 5.32 Å². The summed E-state index contributed by atoms with van der Waals surface area (Å²) in [5.74, 6) is 0. The van der Waals surface area contributed by atoms with Gasteiger partial charge in [0.1, 0.15) is 0 Å². The van der Waals surface area contributed by atoms with Crippen LogP contribution in [0.4, 0.5) is 0 Å². The molecule has 19 heavy (non-hydrogen) atoms. The maximum Gasteiger partial charge on any atom is 0.0351 e. The van der Waals surface area contributed by atoms with Crippen LogP contribution < -0.4 is 5.32 Å². The van der Waals surface area contributed by atoms with Gasteiger partial charge in [-0.2, -0.15) is 0 Å². The molecule has 2 atom stereocenters. The fourth-order valence-electron chi connectivity index (χ4n) is 3.85. The van der Waals surface area contributed by atoms with Crippen LogP contribution in [-0.4, -0.2) is 30.6 Å². The summed E-state index contributed by atoms with van der Waals surface area (Å²) in [5.41, 5.74) is 3.19. The van der Waals surface area contributed by atoms with Crippen molar-refractivity contribution in [1.82, 2.24) is 10.2 Å². The Hall–Kier alpha value is -0.860. The van der Waals surface area contributed by atoms with E-state index in [1.807, 2.05) is 0 Å². The Morgan fingerprint density at radius 3 is 3.00 bits per heavy atom. The van der Waals surface area contributed by atoms with Gasteiger partial charge in [-0.3, -0.25) is 4.90 Å². The monoisotopic (exact) mass is 258 g/mol. The van der Waals surface area contributed by atoms with E-state index in [4.69, 9.17) is 0 Å². The van der Waals surface area contributed by atoms with Gasteiger partial charge in [0.2, 0.25) is 0 Å². The second-order valence-electron chi connectivity index (χ2n) is 6.00. The Labute approximate surface area is 117 Å². The molecule has 0 spiro atoms. The van der Waals surface area contributed by atoms with Crippen molar-refractivity contribution in [2.24, 2.45) is 0 Å². The molecule has 0 bridgehead atoms. The summed E-state index contributed by atoms with van der Waals surface area (Å²) in [7, 11) is 0. The topological polar surface area (TPSA) is 15.3 Å². The Morgan fingerprint density at radius 1 is 1.21 bits per heavy atom. The minimum atomic E-state index is 0.673. The van der Waals surface area contributed by atoms with Crippen LogP contribution >= 0.6 is 0 Å². The van der Waals surface area contributed by atoms with Gasteiger partial charge in [-0.15, -0.1) is 0 Å². The average Bonchev–Trinajstić information content (AvgIpc) is 2.47. The lowest BCUT2D eigenvalue weighted by Crippen LogP contribution is -2.47. The first-order valence-corrected chi connectivity index (χ1v) is 7.93. The first-order valence-electron chi connectivity index (χ1n) is 7.93. The van der Waals surface area contributed by atoms with Crippen LogP contribution in [0.3, 0.4) is 0 Å². The molecule has 2 unspecified atom stereocenters. The van der Waals surface area contributed by atoms with E-state index in [0.717, 1.165) is 6.54 Å². The predicted octanol–water partition coefficient (Wildman–Crippen LogP) is 3.14. The Morgan fingerprint density at radius 2 is 2.11 bits per heavy atom. The number of nitrogens with zero attached hydrogens (tertiary/aromatic N) is 1. The quantitative estimate of drug-likeness (QED) is 0.896. The number of likely N-dealkylation sites (N-methyl/N-ethyl adjacent to an activating group) is 1. The van der Waals surface area contributed by atoms with Gasteiger partial charge in [0.05, 0.1) is 0 Å². The number of hydrogen-bond donors (Lipinski definition) is 1. The molecule has 1 fully saturated rings. The number of hydrogen-bond acceptors (Lipinski definition) is 2. The normalized spacial score (nSPS) is 28.1. The Kier molecular flexibility index (Phi) is 4.19. The van der Waals surface area contributed by atoms with E-state index in [0.29, 0.717) is 12.1 Å². The van der Waals surface area contributed by atoms with E-state index in [9.17, 15) is 0 Å². The van der Waals surface area contributed by atoms with Crippen molar-refractivity contribution in [3.05, 3.63) is 35.4 Å². The van der Waals surface area contributed by atoms with Crippen molar-refractivity contribution in [3.63, 3.8) is 0 Å². The summed E-state index contributed by atoms with van der Waals surface area (Å²) >= 11 is 0. The number of likely N-dealkylation sites (tertiary alicyclic amines) is 1. The van der Waals surface area contributed by atoms with Gasteiger partial charge in [0.15, 0.2) is 0 Å². The molecule has 2 nitrogen and oxygen atoms in total. The van der Waals surface area contributed by atoms with Crippen molar-refractivity contribution >= 4 is 0 Å². The third kappa shape index (κ3) is 2.85. The van der Waals surface area contributed by atoms with Crippen molar-refractivity contribution < 1.29 is 0 Å². The van der Waals surface area contributed by atoms with Gasteiger partial charge in [-0.05, 0) is 56.3 Å². The fraction of sp³-hybridized carbons (Fsp3) is 0.647. The molecule has 1 N–H and O–H groups in total. The van der Waals surface area contributed by atoms with Gasteiger partial charge in [0, 0.05) is 18.6 Å². The molecule has 0 saturated carbocycles. The highest BCUT2D eigenvalue weighted by Crippen LogP contribution is 2.35. The lowest BCUT2D eigenvalue weighted by molar-refractivity contribution is 0.125. The zero-order valence-corrected chi connectivity index (χ0v) is 12.1. The summed E-state index contributed by atoms with van der Waals surface area (Å²) in [4.78, 5) is 2.73. The molecule has 104 valence electrons. The maximum atomic E-state index is 3.64. The maximum absolute atomic E-state index is 3.64. The molecule has 0 radical (unpaired) electrons. The molecule has 0 amide bonds. The van der Waals surface area contributed by atoms with Gasteiger partial charge in [-0.1, -0.05) is 31.2 Å². The van der Waals surface area contributed by atoms with Crippen LogP contribution in [0.5, 0.6) is 0 Å². The van der Waals surface area contributed by atoms with Crippen molar-refractivity contribution in [2.75, 3.05) is 19.6 Å². The number of nitrogens with one attached hydrogen (secondary N) is 1. The molecule has 0 aromatic heterocycles. The third-order valence-corrected chi connectivity index (χ3v) is 4.72. The predicted molar refractivity (Wildman–Crippen MR) is 80.4 cm³/mol. The van der Waals surface area contributed by atoms with E-state index in [1.54, 1.807) is 11.1 Å². The van der Waals surface area contributed by atoms with Gasteiger partial charge in [0.25, 0.3) is 0 Å². The number of piperidine rings is 1. The highest BCUT2D eigenvalue weighted by atomic mass is 15.2. The van der Waals surface area contributed by atoms with E-state index < -0.39 is 0 Å². The number of aryl methyl sites for hydroxylation is 1. The van der Waals surface area contributed by atoms with Crippen LogP contribution in [0.25, 0.3) is 0 Å². The second-order valence-corrected chi connectivity index (χ2v) is 6.00. The molecule has 1 aromatic carbocycles. The molecule has 2 aliphatic rings. The number of fused-ring (bicyclic) bond motifs is 1. The van der Waals surface area contributed by atoms with Crippen LogP contribution in [0.15, 0.2) is 24.3 Å². The van der Waals surface area contributed by atoms with Crippen molar-refractivity contribution in [2.45, 2.75) is 51.1 Å². The van der Waals surface area contributed by atoms with Gasteiger partial charge >= 0.3 is 0 Å². The lowest BCUT2D eigenvalue weighted by Gasteiger charge is -2.41. The molecular formula is C17H26N2. The van der Waals surface area contributed by atoms with Crippen LogP contribution in [-0.2, 0) is 6.42 Å². The highest BCUT2D eigenvalue weighted by Gasteiger charge is 2.29. The third-order valence-electron chi connectivity index (χ3n) is 4.72. The summed E-state index contributed by atoms with van der Waals surface area (Å²) < 4.78 is 0. The SMILES string of the molecule is CCNC1CCCN(C2CCCc3ccccc32)C1. The van der Waals surface area contributed by atoms with E-state index in [2.05, 4.69) is 41.4 Å². The first-order chi connectivity index (χ1) is 9.38. The average molecular weight is 258 g/mol. The highest BCUT2D eigenvalue weighted by molar-refractivity contribution is 5.32. The second kappa shape index (κ2) is 6.06. The summed E-state index contributed by atoms with van der Waals surface area (Å²) in [6, 6.07) is 10.5. The van der Waals surface area contributed by atoms with E-state index >= 15 is 0 Å². The molecule has 1 heterocycles.